The number of hydrogen-bond acceptors (Lipinski definition) is 6. The first-order valence-electron chi connectivity index (χ1n) is 11.4. The Labute approximate surface area is 207 Å². The lowest BCUT2D eigenvalue weighted by Crippen LogP contribution is -2.25. The van der Waals surface area contributed by atoms with Gasteiger partial charge in [-0.25, -0.2) is 9.97 Å². The van der Waals surface area contributed by atoms with Gasteiger partial charge in [-0.05, 0) is 49.2 Å². The molecule has 1 fully saturated rings. The molecule has 4 aromatic rings. The van der Waals surface area contributed by atoms with Crippen molar-refractivity contribution < 1.29 is 27.8 Å². The average molecular weight is 515 g/mol. The summed E-state index contributed by atoms with van der Waals surface area (Å²) in [5.41, 5.74) is 1.59. The van der Waals surface area contributed by atoms with E-state index in [9.17, 15) is 18.3 Å². The number of nitrogens with zero attached hydrogens (tertiary/aromatic N) is 2. The number of rotatable bonds is 3. The van der Waals surface area contributed by atoms with Crippen LogP contribution in [0.4, 0.5) is 19.0 Å². The second-order valence-electron chi connectivity index (χ2n) is 9.24. The van der Waals surface area contributed by atoms with Crippen molar-refractivity contribution >= 4 is 28.5 Å². The van der Waals surface area contributed by atoms with Gasteiger partial charge in [0.2, 0.25) is 0 Å². The van der Waals surface area contributed by atoms with Crippen molar-refractivity contribution in [2.24, 2.45) is 0 Å². The lowest BCUT2D eigenvalue weighted by molar-refractivity contribution is -0.137. The van der Waals surface area contributed by atoms with Crippen LogP contribution in [0.5, 0.6) is 17.2 Å². The van der Waals surface area contributed by atoms with Gasteiger partial charge in [0, 0.05) is 23.2 Å². The van der Waals surface area contributed by atoms with Crippen molar-refractivity contribution in [1.82, 2.24) is 15.0 Å². The molecule has 4 atom stereocenters. The minimum atomic E-state index is -4.50. The molecule has 0 spiro atoms. The van der Waals surface area contributed by atoms with E-state index < -0.39 is 18.0 Å². The Kier molecular flexibility index (Phi) is 4.53. The SMILES string of the molecule is OC1CCc2c(Oc3ccc4c(c3)C3C(O4)C3c3nc4c(Cl)cc(C(F)(F)F)cc4[nH]3)ccnc2N1. The van der Waals surface area contributed by atoms with E-state index in [4.69, 9.17) is 21.1 Å². The van der Waals surface area contributed by atoms with Gasteiger partial charge in [0.25, 0.3) is 0 Å². The van der Waals surface area contributed by atoms with E-state index in [1.54, 1.807) is 12.3 Å². The molecule has 0 radical (unpaired) electrons. The normalized spacial score (nSPS) is 23.9. The fourth-order valence-corrected chi connectivity index (χ4v) is 5.48. The minimum Gasteiger partial charge on any atom is -0.489 e. The van der Waals surface area contributed by atoms with Crippen LogP contribution in [-0.4, -0.2) is 32.4 Å². The molecule has 36 heavy (non-hydrogen) atoms. The van der Waals surface area contributed by atoms with Crippen molar-refractivity contribution in [2.45, 2.75) is 43.2 Å². The highest BCUT2D eigenvalue weighted by molar-refractivity contribution is 6.35. The van der Waals surface area contributed by atoms with Crippen LogP contribution in [0.2, 0.25) is 5.02 Å². The Morgan fingerprint density at radius 3 is 2.83 bits per heavy atom. The number of alkyl halides is 3. The second-order valence-corrected chi connectivity index (χ2v) is 9.65. The number of aliphatic hydroxyl groups excluding tert-OH is 1. The molecular formula is C25H18ClF3N4O3. The van der Waals surface area contributed by atoms with Crippen molar-refractivity contribution in [2.75, 3.05) is 5.32 Å². The number of benzene rings is 2. The van der Waals surface area contributed by atoms with Gasteiger partial charge in [-0.2, -0.15) is 13.2 Å². The largest absolute Gasteiger partial charge is 0.489 e. The second kappa shape index (κ2) is 7.50. The molecule has 11 heteroatoms. The number of hydrogen-bond donors (Lipinski definition) is 3. The fourth-order valence-electron chi connectivity index (χ4n) is 5.22. The maximum Gasteiger partial charge on any atom is 0.416 e. The Hall–Kier alpha value is -3.50. The zero-order chi connectivity index (χ0) is 24.8. The van der Waals surface area contributed by atoms with Gasteiger partial charge < -0.3 is 24.9 Å². The maximum atomic E-state index is 13.2. The molecule has 2 aromatic heterocycles. The number of nitrogens with one attached hydrogen (secondary N) is 2. The topological polar surface area (TPSA) is 92.3 Å². The number of H-pyrrole nitrogens is 1. The Morgan fingerprint density at radius 2 is 2.00 bits per heavy atom. The van der Waals surface area contributed by atoms with Crippen molar-refractivity contribution in [3.05, 3.63) is 70.1 Å². The van der Waals surface area contributed by atoms with Gasteiger partial charge in [0.05, 0.1) is 22.0 Å². The van der Waals surface area contributed by atoms with Crippen LogP contribution >= 0.6 is 11.6 Å². The van der Waals surface area contributed by atoms with Gasteiger partial charge in [-0.15, -0.1) is 0 Å². The molecule has 4 unspecified atom stereocenters. The Balaban J connectivity index is 1.17. The van der Waals surface area contributed by atoms with E-state index in [0.717, 1.165) is 29.0 Å². The van der Waals surface area contributed by atoms with E-state index >= 15 is 0 Å². The summed E-state index contributed by atoms with van der Waals surface area (Å²) < 4.78 is 51.8. The molecule has 1 saturated carbocycles. The number of aromatic nitrogens is 3. The van der Waals surface area contributed by atoms with E-state index in [1.807, 2.05) is 18.2 Å². The predicted molar refractivity (Wildman–Crippen MR) is 125 cm³/mol. The highest BCUT2D eigenvalue weighted by Gasteiger charge is 2.61. The molecule has 0 amide bonds. The van der Waals surface area contributed by atoms with Gasteiger partial charge in [-0.3, -0.25) is 0 Å². The quantitative estimate of drug-likeness (QED) is 0.323. The number of imidazole rings is 1. The molecule has 4 heterocycles. The summed E-state index contributed by atoms with van der Waals surface area (Å²) in [6.07, 6.45) is -2.46. The number of ether oxygens (including phenoxy) is 2. The van der Waals surface area contributed by atoms with Gasteiger partial charge in [0.1, 0.15) is 46.7 Å². The highest BCUT2D eigenvalue weighted by Crippen LogP contribution is 2.63. The first-order chi connectivity index (χ1) is 17.3. The molecule has 7 nitrogen and oxygen atoms in total. The van der Waals surface area contributed by atoms with Crippen LogP contribution in [0, 0.1) is 0 Å². The minimum absolute atomic E-state index is 0.00754. The number of pyridine rings is 1. The molecule has 3 N–H and O–H groups in total. The van der Waals surface area contributed by atoms with Crippen molar-refractivity contribution in [3.63, 3.8) is 0 Å². The summed E-state index contributed by atoms with van der Waals surface area (Å²) in [5.74, 6) is 3.09. The third-order valence-corrected chi connectivity index (χ3v) is 7.26. The summed E-state index contributed by atoms with van der Waals surface area (Å²) >= 11 is 6.11. The smallest absolute Gasteiger partial charge is 0.416 e. The monoisotopic (exact) mass is 514 g/mol. The van der Waals surface area contributed by atoms with Gasteiger partial charge >= 0.3 is 6.18 Å². The number of aromatic amines is 1. The number of anilines is 1. The third-order valence-electron chi connectivity index (χ3n) is 6.97. The summed E-state index contributed by atoms with van der Waals surface area (Å²) in [6.45, 7) is 0. The third kappa shape index (κ3) is 3.39. The number of halogens is 4. The molecule has 3 aliphatic rings. The molecule has 0 bridgehead atoms. The molecule has 2 aliphatic heterocycles. The Bertz CT molecular complexity index is 1540. The number of fused-ring (bicyclic) bond motifs is 5. The summed E-state index contributed by atoms with van der Waals surface area (Å²) in [6, 6.07) is 9.32. The van der Waals surface area contributed by atoms with E-state index in [-0.39, 0.29) is 28.5 Å². The summed E-state index contributed by atoms with van der Waals surface area (Å²) in [5, 5.41) is 12.7. The van der Waals surface area contributed by atoms with Gasteiger partial charge in [0.15, 0.2) is 0 Å². The highest BCUT2D eigenvalue weighted by atomic mass is 35.5. The molecule has 2 aromatic carbocycles. The van der Waals surface area contributed by atoms with E-state index in [0.29, 0.717) is 41.5 Å². The van der Waals surface area contributed by atoms with E-state index in [2.05, 4.69) is 20.3 Å². The van der Waals surface area contributed by atoms with Crippen molar-refractivity contribution in [3.8, 4) is 17.2 Å². The lowest BCUT2D eigenvalue weighted by Gasteiger charge is -2.23. The van der Waals surface area contributed by atoms with Crippen LogP contribution in [0.15, 0.2) is 42.6 Å². The van der Waals surface area contributed by atoms with Gasteiger partial charge in [-0.1, -0.05) is 11.6 Å². The molecule has 184 valence electrons. The zero-order valence-corrected chi connectivity index (χ0v) is 19.2. The predicted octanol–water partition coefficient (Wildman–Crippen LogP) is 5.74. The average Bonchev–Trinajstić information content (AvgIpc) is 3.17. The first-order valence-corrected chi connectivity index (χ1v) is 11.8. The standard InChI is InChI=1S/C25H18ClF3N4O3/c26-14-7-10(25(27,28)29)8-15-21(14)33-24(31-15)20-19-13-9-11(1-3-16(13)36-22(19)20)35-17-5-6-30-23-12(17)2-4-18(34)32-23/h1,3,5-9,18-20,22,34H,2,4H2,(H,30,32)(H,31,33). The van der Waals surface area contributed by atoms with Crippen molar-refractivity contribution in [1.29, 1.82) is 0 Å². The van der Waals surface area contributed by atoms with Crippen LogP contribution < -0.4 is 14.8 Å². The molecular weight excluding hydrogens is 497 g/mol. The van der Waals surface area contributed by atoms with E-state index in [1.165, 1.54) is 0 Å². The van der Waals surface area contributed by atoms with Crippen LogP contribution in [-0.2, 0) is 12.6 Å². The maximum absolute atomic E-state index is 13.2. The molecule has 1 aliphatic carbocycles. The lowest BCUT2D eigenvalue weighted by atomic mass is 10.1. The summed E-state index contributed by atoms with van der Waals surface area (Å²) in [4.78, 5) is 11.8. The Morgan fingerprint density at radius 1 is 1.14 bits per heavy atom. The fraction of sp³-hybridized carbons (Fsp3) is 0.280. The first kappa shape index (κ1) is 21.8. The summed E-state index contributed by atoms with van der Waals surface area (Å²) in [7, 11) is 0. The van der Waals surface area contributed by atoms with Crippen LogP contribution in [0.3, 0.4) is 0 Å². The van der Waals surface area contributed by atoms with Crippen LogP contribution in [0.1, 0.15) is 40.8 Å². The molecule has 0 saturated heterocycles. The van der Waals surface area contributed by atoms with Crippen LogP contribution in [0.25, 0.3) is 11.0 Å². The molecule has 7 rings (SSSR count). The zero-order valence-electron chi connectivity index (χ0n) is 18.4. The number of aliphatic hydroxyl groups is 1.